The van der Waals surface area contributed by atoms with E-state index in [9.17, 15) is 9.90 Å². The van der Waals surface area contributed by atoms with Gasteiger partial charge in [0.15, 0.2) is 11.5 Å². The van der Waals surface area contributed by atoms with Gasteiger partial charge in [0.1, 0.15) is 6.10 Å². The summed E-state index contributed by atoms with van der Waals surface area (Å²) in [4.78, 5) is 17.6. The molecule has 1 amide bonds. The van der Waals surface area contributed by atoms with Crippen LogP contribution >= 0.6 is 0 Å². The number of piperidine rings is 1. The van der Waals surface area contributed by atoms with Crippen LogP contribution in [0.3, 0.4) is 0 Å². The standard InChI is InChI=1S/C29H34N2O5/c1-30(24(32)8-5-19-10-14-35-17-19)21-9-11-29(33)23-15-20-6-7-22(34-2)26-25(20)28(29,27(21)36-26)12-13-31(23)16-18-3-4-18/h5-8,10,14,17-18,21,23,27,33H,3-4,9,11-13,15-16H2,1-2H3/b8-5+/t21?,23-,27?,28+,29?/m1/s1. The summed E-state index contributed by atoms with van der Waals surface area (Å²) >= 11 is 0. The average Bonchev–Trinajstić information content (AvgIpc) is 3.40. The van der Waals surface area contributed by atoms with E-state index in [1.54, 1.807) is 31.8 Å². The second-order valence-electron chi connectivity index (χ2n) is 11.4. The van der Waals surface area contributed by atoms with E-state index in [1.807, 2.05) is 24.1 Å². The summed E-state index contributed by atoms with van der Waals surface area (Å²) in [7, 11) is 3.53. The molecule has 1 spiro atoms. The molecule has 2 aliphatic heterocycles. The van der Waals surface area contributed by atoms with Crippen molar-refractivity contribution in [2.24, 2.45) is 5.92 Å². The van der Waals surface area contributed by atoms with Crippen molar-refractivity contribution in [3.8, 4) is 11.5 Å². The van der Waals surface area contributed by atoms with E-state index in [-0.39, 0.29) is 24.1 Å². The predicted octanol–water partition coefficient (Wildman–Crippen LogP) is 3.39. The molecule has 7 heteroatoms. The molecule has 7 nitrogen and oxygen atoms in total. The lowest BCUT2D eigenvalue weighted by Crippen LogP contribution is -2.78. The van der Waals surface area contributed by atoms with Crippen LogP contribution in [-0.4, -0.2) is 71.8 Å². The van der Waals surface area contributed by atoms with Gasteiger partial charge in [-0.15, -0.1) is 0 Å². The molecular weight excluding hydrogens is 456 g/mol. The van der Waals surface area contributed by atoms with Crippen molar-refractivity contribution in [2.75, 3.05) is 27.2 Å². The van der Waals surface area contributed by atoms with Crippen LogP contribution in [0.25, 0.3) is 6.08 Å². The van der Waals surface area contributed by atoms with E-state index < -0.39 is 11.0 Å². The van der Waals surface area contributed by atoms with Gasteiger partial charge in [-0.25, -0.2) is 0 Å². The lowest BCUT2D eigenvalue weighted by atomic mass is 9.48. The summed E-state index contributed by atoms with van der Waals surface area (Å²) in [6, 6.07) is 5.93. The average molecular weight is 491 g/mol. The molecule has 5 aliphatic rings. The number of carbonyl (C=O) groups is 1. The first-order valence-corrected chi connectivity index (χ1v) is 13.3. The molecular formula is C29H34N2O5. The number of aliphatic hydroxyl groups is 1. The quantitative estimate of drug-likeness (QED) is 0.626. The lowest BCUT2D eigenvalue weighted by Gasteiger charge is -2.64. The predicted molar refractivity (Wildman–Crippen MR) is 134 cm³/mol. The molecule has 190 valence electrons. The number of carbonyl (C=O) groups excluding carboxylic acids is 1. The molecule has 2 aromatic rings. The van der Waals surface area contributed by atoms with Crippen LogP contribution in [0.15, 0.2) is 41.2 Å². The first-order chi connectivity index (χ1) is 17.5. The van der Waals surface area contributed by atoms with E-state index in [0.29, 0.717) is 18.6 Å². The van der Waals surface area contributed by atoms with Crippen LogP contribution in [0.2, 0.25) is 0 Å². The molecule has 3 heterocycles. The van der Waals surface area contributed by atoms with Gasteiger partial charge in [0, 0.05) is 36.8 Å². The molecule has 2 bridgehead atoms. The van der Waals surface area contributed by atoms with E-state index in [4.69, 9.17) is 13.9 Å². The molecule has 1 saturated heterocycles. The highest BCUT2D eigenvalue weighted by Crippen LogP contribution is 2.66. The number of likely N-dealkylation sites (N-methyl/N-ethyl adjacent to an activating group) is 1. The molecule has 3 aliphatic carbocycles. The number of nitrogens with zero attached hydrogens (tertiary/aromatic N) is 2. The smallest absolute Gasteiger partial charge is 0.246 e. The van der Waals surface area contributed by atoms with Crippen molar-refractivity contribution >= 4 is 12.0 Å². The highest BCUT2D eigenvalue weighted by atomic mass is 16.5. The maximum Gasteiger partial charge on any atom is 0.246 e. The summed E-state index contributed by atoms with van der Waals surface area (Å²) < 4.78 is 17.6. The molecule has 3 fully saturated rings. The zero-order chi connectivity index (χ0) is 24.7. The maximum atomic E-state index is 13.3. The topological polar surface area (TPSA) is 75.4 Å². The molecule has 5 atom stereocenters. The first kappa shape index (κ1) is 22.4. The molecule has 36 heavy (non-hydrogen) atoms. The number of rotatable bonds is 6. The van der Waals surface area contributed by atoms with Crippen molar-refractivity contribution in [3.63, 3.8) is 0 Å². The fourth-order valence-corrected chi connectivity index (χ4v) is 7.82. The van der Waals surface area contributed by atoms with Crippen molar-refractivity contribution in [2.45, 2.75) is 67.7 Å². The highest BCUT2D eigenvalue weighted by Gasteiger charge is 2.73. The van der Waals surface area contributed by atoms with Gasteiger partial charge < -0.3 is 23.9 Å². The van der Waals surface area contributed by atoms with Crippen molar-refractivity contribution < 1.29 is 23.8 Å². The second-order valence-corrected chi connectivity index (χ2v) is 11.4. The Bertz CT molecular complexity index is 1220. The zero-order valence-electron chi connectivity index (χ0n) is 21.0. The summed E-state index contributed by atoms with van der Waals surface area (Å²) in [6.07, 6.45) is 11.9. The van der Waals surface area contributed by atoms with Crippen molar-refractivity contribution in [3.05, 3.63) is 53.5 Å². The van der Waals surface area contributed by atoms with E-state index in [0.717, 1.165) is 48.7 Å². The van der Waals surface area contributed by atoms with E-state index in [1.165, 1.54) is 18.4 Å². The number of hydrogen-bond donors (Lipinski definition) is 1. The monoisotopic (exact) mass is 490 g/mol. The van der Waals surface area contributed by atoms with Gasteiger partial charge >= 0.3 is 0 Å². The van der Waals surface area contributed by atoms with Gasteiger partial charge in [0.2, 0.25) is 5.91 Å². The Hall–Kier alpha value is -2.77. The van der Waals surface area contributed by atoms with Gasteiger partial charge in [0.05, 0.1) is 36.7 Å². The molecule has 1 aromatic carbocycles. The Morgan fingerprint density at radius 1 is 1.28 bits per heavy atom. The third-order valence-electron chi connectivity index (χ3n) is 9.74. The Morgan fingerprint density at radius 3 is 2.89 bits per heavy atom. The summed E-state index contributed by atoms with van der Waals surface area (Å²) in [5.74, 6) is 2.18. The Morgan fingerprint density at radius 2 is 2.14 bits per heavy atom. The van der Waals surface area contributed by atoms with Gasteiger partial charge in [-0.2, -0.15) is 0 Å². The van der Waals surface area contributed by atoms with Gasteiger partial charge in [-0.3, -0.25) is 9.69 Å². The van der Waals surface area contributed by atoms with Crippen LogP contribution in [0.4, 0.5) is 0 Å². The molecule has 0 radical (unpaired) electrons. The Kier molecular flexibility index (Phi) is 4.90. The zero-order valence-corrected chi connectivity index (χ0v) is 21.0. The van der Waals surface area contributed by atoms with E-state index >= 15 is 0 Å². The molecule has 1 N–H and O–H groups in total. The van der Waals surface area contributed by atoms with Crippen LogP contribution in [0, 0.1) is 5.92 Å². The summed E-state index contributed by atoms with van der Waals surface area (Å²) in [6.45, 7) is 2.03. The number of ether oxygens (including phenoxy) is 2. The minimum Gasteiger partial charge on any atom is -0.493 e. The van der Waals surface area contributed by atoms with E-state index in [2.05, 4.69) is 11.0 Å². The first-order valence-electron chi connectivity index (χ1n) is 13.3. The summed E-state index contributed by atoms with van der Waals surface area (Å²) in [5.41, 5.74) is 1.82. The third-order valence-corrected chi connectivity index (χ3v) is 9.74. The lowest BCUT2D eigenvalue weighted by molar-refractivity contribution is -0.200. The van der Waals surface area contributed by atoms with Crippen molar-refractivity contribution in [1.29, 1.82) is 0 Å². The minimum absolute atomic E-state index is 0.0756. The van der Waals surface area contributed by atoms with Gasteiger partial charge in [0.25, 0.3) is 0 Å². The third kappa shape index (κ3) is 2.96. The second kappa shape index (κ2) is 7.86. The van der Waals surface area contributed by atoms with Gasteiger partial charge in [-0.1, -0.05) is 6.07 Å². The van der Waals surface area contributed by atoms with Gasteiger partial charge in [-0.05, 0) is 74.8 Å². The van der Waals surface area contributed by atoms with Crippen LogP contribution < -0.4 is 9.47 Å². The van der Waals surface area contributed by atoms with Crippen LogP contribution in [-0.2, 0) is 16.6 Å². The number of benzene rings is 1. The van der Waals surface area contributed by atoms with Crippen LogP contribution in [0.1, 0.15) is 48.8 Å². The maximum absolute atomic E-state index is 13.3. The fourth-order valence-electron chi connectivity index (χ4n) is 7.82. The molecule has 7 rings (SSSR count). The number of methoxy groups -OCH3 is 1. The molecule has 1 aromatic heterocycles. The molecule has 3 unspecified atom stereocenters. The van der Waals surface area contributed by atoms with Crippen molar-refractivity contribution in [1.82, 2.24) is 9.80 Å². The highest BCUT2D eigenvalue weighted by molar-refractivity contribution is 5.92. The number of furan rings is 1. The fraction of sp³-hybridized carbons (Fsp3) is 0.552. The number of likely N-dealkylation sites (tertiary alicyclic amines) is 1. The Labute approximate surface area is 211 Å². The number of amides is 1. The normalized spacial score (nSPS) is 34.4. The molecule has 2 saturated carbocycles. The SMILES string of the molecule is COc1ccc2c3c1OC1C(N(C)C(=O)/C=C/c4ccoc4)CCC4(O)[C@@H](C2)N(CC2CC2)CC[C@]314. The Balaban J connectivity index is 1.29. The van der Waals surface area contributed by atoms with Crippen LogP contribution in [0.5, 0.6) is 11.5 Å². The minimum atomic E-state index is -0.886. The number of hydrogen-bond acceptors (Lipinski definition) is 6. The summed E-state index contributed by atoms with van der Waals surface area (Å²) in [5, 5.41) is 12.7. The largest absolute Gasteiger partial charge is 0.493 e.